The number of nitrogens with zero attached hydrogens (tertiary/aromatic N) is 2. The zero-order chi connectivity index (χ0) is 19.3. The Labute approximate surface area is 167 Å². The van der Waals surface area contributed by atoms with Gasteiger partial charge in [-0.25, -0.2) is 5.01 Å². The van der Waals surface area contributed by atoms with Crippen LogP contribution in [0.3, 0.4) is 0 Å². The number of ether oxygens (including phenoxy) is 1. The number of nitrogens with one attached hydrogen (secondary N) is 1. The summed E-state index contributed by atoms with van der Waals surface area (Å²) in [5.74, 6) is 1.05. The molecule has 0 aliphatic carbocycles. The first kappa shape index (κ1) is 17.7. The minimum Gasteiger partial charge on any atom is -0.466 e. The largest absolute Gasteiger partial charge is 0.466 e. The fourth-order valence-corrected chi connectivity index (χ4v) is 5.02. The number of hydrogen-bond donors (Lipinski definition) is 1. The molecule has 4 heteroatoms. The summed E-state index contributed by atoms with van der Waals surface area (Å²) in [5, 5.41) is 7.49. The van der Waals surface area contributed by atoms with Crippen molar-refractivity contribution < 1.29 is 9.64 Å². The predicted octanol–water partition coefficient (Wildman–Crippen LogP) is 3.32. The van der Waals surface area contributed by atoms with Crippen molar-refractivity contribution in [3.63, 3.8) is 0 Å². The van der Waals surface area contributed by atoms with Crippen LogP contribution in [0.2, 0.25) is 0 Å². The standard InChI is InChI=1S/C24H29N3O/c1-17(2)26-14-12-24(13-15-26)27-22(20-6-4-5-7-23(20)28-24)16-21(25-27)19-10-8-18(3)9-11-19/h4-11,17,22H,12-16H2,1-3H3/p+1/t22-/m1/s1. The molecule has 5 rings (SSSR count). The maximum Gasteiger partial charge on any atom is 0.208 e. The molecule has 1 saturated heterocycles. The molecule has 0 saturated carbocycles. The first-order chi connectivity index (χ1) is 13.6. The Kier molecular flexibility index (Phi) is 4.20. The first-order valence-corrected chi connectivity index (χ1v) is 10.6. The van der Waals surface area contributed by atoms with Crippen molar-refractivity contribution in [2.75, 3.05) is 13.1 Å². The van der Waals surface area contributed by atoms with Crippen LogP contribution in [0.4, 0.5) is 0 Å². The molecular formula is C24H30N3O+. The van der Waals surface area contributed by atoms with Crippen molar-refractivity contribution in [2.24, 2.45) is 5.10 Å². The van der Waals surface area contributed by atoms with Crippen LogP contribution in [-0.2, 0) is 0 Å². The van der Waals surface area contributed by atoms with E-state index in [2.05, 4.69) is 74.3 Å². The molecule has 3 aliphatic rings. The number of hydrazone groups is 1. The van der Waals surface area contributed by atoms with Crippen LogP contribution in [-0.4, -0.2) is 35.6 Å². The van der Waals surface area contributed by atoms with E-state index in [1.54, 1.807) is 4.90 Å². The van der Waals surface area contributed by atoms with Crippen LogP contribution in [0.1, 0.15) is 55.8 Å². The summed E-state index contributed by atoms with van der Waals surface area (Å²) < 4.78 is 6.71. The van der Waals surface area contributed by atoms with Crippen molar-refractivity contribution in [1.82, 2.24) is 5.01 Å². The number of aryl methyl sites for hydroxylation is 1. The molecule has 28 heavy (non-hydrogen) atoms. The second-order valence-corrected chi connectivity index (χ2v) is 8.88. The third-order valence-electron chi connectivity index (χ3n) is 6.78. The number of benzene rings is 2. The van der Waals surface area contributed by atoms with Gasteiger partial charge in [-0.15, -0.1) is 0 Å². The van der Waals surface area contributed by atoms with Crippen molar-refractivity contribution in [2.45, 2.75) is 57.8 Å². The molecule has 1 atom stereocenters. The fourth-order valence-electron chi connectivity index (χ4n) is 5.02. The molecule has 0 amide bonds. The Hall–Kier alpha value is -2.33. The minimum absolute atomic E-state index is 0.279. The second-order valence-electron chi connectivity index (χ2n) is 8.88. The van der Waals surface area contributed by atoms with Gasteiger partial charge in [0.1, 0.15) is 5.75 Å². The van der Waals surface area contributed by atoms with Crippen molar-refractivity contribution in [3.05, 3.63) is 65.2 Å². The van der Waals surface area contributed by atoms with Gasteiger partial charge in [-0.1, -0.05) is 48.0 Å². The van der Waals surface area contributed by atoms with Gasteiger partial charge in [-0.2, -0.15) is 5.10 Å². The number of rotatable bonds is 2. The van der Waals surface area contributed by atoms with E-state index in [9.17, 15) is 0 Å². The third kappa shape index (κ3) is 2.82. The predicted molar refractivity (Wildman–Crippen MR) is 112 cm³/mol. The fraction of sp³-hybridized carbons (Fsp3) is 0.458. The van der Waals surface area contributed by atoms with Gasteiger partial charge in [0.15, 0.2) is 0 Å². The van der Waals surface area contributed by atoms with Gasteiger partial charge < -0.3 is 9.64 Å². The van der Waals surface area contributed by atoms with Crippen molar-refractivity contribution in [1.29, 1.82) is 0 Å². The maximum absolute atomic E-state index is 6.71. The van der Waals surface area contributed by atoms with E-state index in [-0.39, 0.29) is 11.8 Å². The van der Waals surface area contributed by atoms with Crippen LogP contribution in [0, 0.1) is 6.92 Å². The normalized spacial score (nSPS) is 28.7. The van der Waals surface area contributed by atoms with E-state index in [1.165, 1.54) is 22.4 Å². The smallest absolute Gasteiger partial charge is 0.208 e. The number of likely N-dealkylation sites (tertiary alicyclic amines) is 1. The highest BCUT2D eigenvalue weighted by atomic mass is 16.5. The number of fused-ring (bicyclic) bond motifs is 4. The van der Waals surface area contributed by atoms with Gasteiger partial charge in [-0.3, -0.25) is 0 Å². The molecule has 2 aromatic carbocycles. The monoisotopic (exact) mass is 376 g/mol. The molecule has 0 radical (unpaired) electrons. The third-order valence-corrected chi connectivity index (χ3v) is 6.78. The summed E-state index contributed by atoms with van der Waals surface area (Å²) in [7, 11) is 0. The molecule has 2 aromatic rings. The van der Waals surface area contributed by atoms with E-state index in [4.69, 9.17) is 9.84 Å². The van der Waals surface area contributed by atoms with Gasteiger partial charge in [0.05, 0.1) is 43.7 Å². The molecule has 4 nitrogen and oxygen atoms in total. The van der Waals surface area contributed by atoms with Gasteiger partial charge in [-0.05, 0) is 32.4 Å². The highest BCUT2D eigenvalue weighted by Gasteiger charge is 2.53. The van der Waals surface area contributed by atoms with Crippen LogP contribution in [0.15, 0.2) is 53.6 Å². The lowest BCUT2D eigenvalue weighted by Gasteiger charge is -2.50. The van der Waals surface area contributed by atoms with Crippen molar-refractivity contribution in [3.8, 4) is 5.75 Å². The number of hydrogen-bond acceptors (Lipinski definition) is 3. The highest BCUT2D eigenvalue weighted by Crippen LogP contribution is 2.49. The average molecular weight is 377 g/mol. The molecule has 1 spiro atoms. The summed E-state index contributed by atoms with van der Waals surface area (Å²) >= 11 is 0. The quantitative estimate of drug-likeness (QED) is 0.871. The Balaban J connectivity index is 1.53. The molecule has 3 heterocycles. The molecule has 1 N–H and O–H groups in total. The zero-order valence-electron chi connectivity index (χ0n) is 17.1. The lowest BCUT2D eigenvalue weighted by molar-refractivity contribution is -0.929. The summed E-state index contributed by atoms with van der Waals surface area (Å²) in [6, 6.07) is 18.3. The molecular weight excluding hydrogens is 346 g/mol. The topological polar surface area (TPSA) is 29.3 Å². The average Bonchev–Trinajstić information content (AvgIpc) is 3.16. The maximum atomic E-state index is 6.71. The number of quaternary nitrogens is 1. The molecule has 0 unspecified atom stereocenters. The van der Waals surface area contributed by atoms with E-state index < -0.39 is 0 Å². The molecule has 1 fully saturated rings. The van der Waals surface area contributed by atoms with Crippen LogP contribution < -0.4 is 9.64 Å². The molecule has 146 valence electrons. The van der Waals surface area contributed by atoms with E-state index in [0.717, 1.165) is 38.1 Å². The summed E-state index contributed by atoms with van der Waals surface area (Å²) in [6.45, 7) is 9.04. The van der Waals surface area contributed by atoms with Crippen LogP contribution in [0.25, 0.3) is 0 Å². The SMILES string of the molecule is Cc1ccc(C2=NN3[C@H](C2)c2ccccc2OC32CC[NH+](C(C)C)CC2)cc1. The first-order valence-electron chi connectivity index (χ1n) is 10.6. The molecule has 0 bridgehead atoms. The van der Waals surface area contributed by atoms with Crippen molar-refractivity contribution >= 4 is 5.71 Å². The Morgan fingerprint density at radius 1 is 1.07 bits per heavy atom. The van der Waals surface area contributed by atoms with Gasteiger partial charge in [0, 0.05) is 12.0 Å². The number of piperidine rings is 1. The molecule has 0 aromatic heterocycles. The lowest BCUT2D eigenvalue weighted by atomic mass is 9.90. The highest BCUT2D eigenvalue weighted by molar-refractivity contribution is 6.02. The summed E-state index contributed by atoms with van der Waals surface area (Å²) in [6.07, 6.45) is 3.00. The van der Waals surface area contributed by atoms with E-state index in [0.29, 0.717) is 6.04 Å². The van der Waals surface area contributed by atoms with Crippen LogP contribution >= 0.6 is 0 Å². The minimum atomic E-state index is -0.302. The Morgan fingerprint density at radius 2 is 1.79 bits per heavy atom. The molecule has 3 aliphatic heterocycles. The Bertz CT molecular complexity index is 894. The van der Waals surface area contributed by atoms with Gasteiger partial charge in [0.25, 0.3) is 0 Å². The van der Waals surface area contributed by atoms with Gasteiger partial charge in [0.2, 0.25) is 5.72 Å². The van der Waals surface area contributed by atoms with E-state index in [1.807, 2.05) is 0 Å². The second kappa shape index (κ2) is 6.63. The number of para-hydroxylation sites is 1. The van der Waals surface area contributed by atoms with Gasteiger partial charge >= 0.3 is 0 Å². The Morgan fingerprint density at radius 3 is 2.50 bits per heavy atom. The summed E-state index contributed by atoms with van der Waals surface area (Å²) in [5.41, 5.74) is 4.68. The van der Waals surface area contributed by atoms with E-state index >= 15 is 0 Å². The summed E-state index contributed by atoms with van der Waals surface area (Å²) in [4.78, 5) is 1.67. The zero-order valence-corrected chi connectivity index (χ0v) is 17.1. The lowest BCUT2D eigenvalue weighted by Crippen LogP contribution is -3.16. The van der Waals surface area contributed by atoms with Crippen LogP contribution in [0.5, 0.6) is 5.75 Å².